The number of piperazine rings is 1. The molecular formula is C25H29N5O2. The van der Waals surface area contributed by atoms with Gasteiger partial charge in [0.25, 0.3) is 0 Å². The molecule has 0 atom stereocenters. The Balaban J connectivity index is 1.29. The molecule has 7 nitrogen and oxygen atoms in total. The third-order valence-corrected chi connectivity index (χ3v) is 6.19. The largest absolute Gasteiger partial charge is 0.378 e. The van der Waals surface area contributed by atoms with Gasteiger partial charge in [0.15, 0.2) is 5.82 Å². The van der Waals surface area contributed by atoms with Crippen LogP contribution in [0, 0.1) is 0 Å². The maximum atomic E-state index is 13.1. The zero-order valence-electron chi connectivity index (χ0n) is 18.3. The van der Waals surface area contributed by atoms with Crippen molar-refractivity contribution in [3.63, 3.8) is 0 Å². The molecule has 0 aliphatic carbocycles. The van der Waals surface area contributed by atoms with Crippen molar-refractivity contribution in [2.24, 2.45) is 0 Å². The number of nitrogens with zero attached hydrogens (tertiary/aromatic N) is 5. The zero-order chi connectivity index (χ0) is 21.8. The van der Waals surface area contributed by atoms with Crippen molar-refractivity contribution in [1.82, 2.24) is 14.7 Å². The molecule has 0 N–H and O–H groups in total. The van der Waals surface area contributed by atoms with E-state index in [4.69, 9.17) is 9.84 Å². The summed E-state index contributed by atoms with van der Waals surface area (Å²) in [5.74, 6) is 1.05. The first-order chi connectivity index (χ1) is 15.8. The molecule has 0 saturated carbocycles. The van der Waals surface area contributed by atoms with Gasteiger partial charge in [0.2, 0.25) is 5.91 Å². The molecule has 0 unspecified atom stereocenters. The normalized spacial score (nSPS) is 16.9. The summed E-state index contributed by atoms with van der Waals surface area (Å²) in [5, 5.41) is 4.84. The molecule has 32 heavy (non-hydrogen) atoms. The van der Waals surface area contributed by atoms with Crippen molar-refractivity contribution in [3.8, 4) is 11.1 Å². The fourth-order valence-electron chi connectivity index (χ4n) is 4.41. The fraction of sp³-hybridized carbons (Fsp3) is 0.360. The van der Waals surface area contributed by atoms with Crippen LogP contribution in [0.15, 0.2) is 66.9 Å². The van der Waals surface area contributed by atoms with Crippen LogP contribution in [0.3, 0.4) is 0 Å². The Morgan fingerprint density at radius 2 is 1.47 bits per heavy atom. The number of hydrogen-bond donors (Lipinski definition) is 0. The quantitative estimate of drug-likeness (QED) is 0.622. The first kappa shape index (κ1) is 20.6. The van der Waals surface area contributed by atoms with Crippen molar-refractivity contribution < 1.29 is 9.53 Å². The van der Waals surface area contributed by atoms with Gasteiger partial charge in [-0.3, -0.25) is 9.48 Å². The van der Waals surface area contributed by atoms with Gasteiger partial charge in [0.05, 0.1) is 13.2 Å². The number of carbonyl (C=O) groups excluding carboxylic acids is 1. The lowest BCUT2D eigenvalue weighted by Crippen LogP contribution is -2.49. The predicted octanol–water partition coefficient (Wildman–Crippen LogP) is 2.74. The van der Waals surface area contributed by atoms with Gasteiger partial charge in [-0.2, -0.15) is 5.10 Å². The Hall–Kier alpha value is -3.32. The van der Waals surface area contributed by atoms with Crippen LogP contribution in [0.5, 0.6) is 0 Å². The smallest absolute Gasteiger partial charge is 0.244 e. The highest BCUT2D eigenvalue weighted by Crippen LogP contribution is 2.30. The summed E-state index contributed by atoms with van der Waals surface area (Å²) in [4.78, 5) is 19.6. The highest BCUT2D eigenvalue weighted by molar-refractivity contribution is 5.78. The second-order valence-electron chi connectivity index (χ2n) is 8.23. The minimum Gasteiger partial charge on any atom is -0.378 e. The van der Waals surface area contributed by atoms with Gasteiger partial charge >= 0.3 is 0 Å². The first-order valence-corrected chi connectivity index (χ1v) is 11.3. The van der Waals surface area contributed by atoms with E-state index in [9.17, 15) is 4.79 Å². The molecule has 0 radical (unpaired) electrons. The summed E-state index contributed by atoms with van der Waals surface area (Å²) in [7, 11) is 0. The third kappa shape index (κ3) is 4.48. The van der Waals surface area contributed by atoms with Gasteiger partial charge in [-0.15, -0.1) is 0 Å². The van der Waals surface area contributed by atoms with Crippen LogP contribution in [0.4, 0.5) is 11.5 Å². The molecule has 1 amide bonds. The maximum absolute atomic E-state index is 13.1. The van der Waals surface area contributed by atoms with Crippen molar-refractivity contribution in [3.05, 3.63) is 66.9 Å². The van der Waals surface area contributed by atoms with Gasteiger partial charge in [0, 0.05) is 56.7 Å². The Kier molecular flexibility index (Phi) is 6.07. The SMILES string of the molecule is O=C(Cn1cc(-c2ccccc2)c(N2CCOCC2)n1)N1CCN(c2ccccc2)CC1. The molecule has 0 spiro atoms. The van der Waals surface area contributed by atoms with Crippen LogP contribution in [0.25, 0.3) is 11.1 Å². The topological polar surface area (TPSA) is 53.8 Å². The van der Waals surface area contributed by atoms with E-state index >= 15 is 0 Å². The van der Waals surface area contributed by atoms with E-state index in [0.717, 1.165) is 56.2 Å². The number of para-hydroxylation sites is 1. The van der Waals surface area contributed by atoms with Crippen molar-refractivity contribution in [2.45, 2.75) is 6.54 Å². The summed E-state index contributed by atoms with van der Waals surface area (Å²) < 4.78 is 7.32. The van der Waals surface area contributed by atoms with E-state index in [1.807, 2.05) is 35.4 Å². The Morgan fingerprint density at radius 1 is 0.812 bits per heavy atom. The number of morpholine rings is 1. The lowest BCUT2D eigenvalue weighted by Gasteiger charge is -2.36. The summed E-state index contributed by atoms with van der Waals surface area (Å²) in [6, 6.07) is 20.7. The third-order valence-electron chi connectivity index (χ3n) is 6.19. The van der Waals surface area contributed by atoms with Gasteiger partial charge in [-0.25, -0.2) is 0 Å². The summed E-state index contributed by atoms with van der Waals surface area (Å²) in [6.07, 6.45) is 2.01. The summed E-state index contributed by atoms with van der Waals surface area (Å²) >= 11 is 0. The Labute approximate surface area is 188 Å². The van der Waals surface area contributed by atoms with Gasteiger partial charge < -0.3 is 19.4 Å². The maximum Gasteiger partial charge on any atom is 0.244 e. The predicted molar refractivity (Wildman–Crippen MR) is 126 cm³/mol. The fourth-order valence-corrected chi connectivity index (χ4v) is 4.41. The minimum absolute atomic E-state index is 0.119. The molecule has 3 aromatic rings. The van der Waals surface area contributed by atoms with Gasteiger partial charge in [0.1, 0.15) is 6.54 Å². The standard InChI is InChI=1S/C25H29N5O2/c31-24(28-13-11-27(12-14-28)22-9-5-2-6-10-22)20-30-19-23(21-7-3-1-4-8-21)25(26-30)29-15-17-32-18-16-29/h1-10,19H,11-18,20H2. The molecule has 0 bridgehead atoms. The van der Waals surface area contributed by atoms with Crippen molar-refractivity contribution in [2.75, 3.05) is 62.3 Å². The van der Waals surface area contributed by atoms with E-state index in [-0.39, 0.29) is 12.5 Å². The lowest BCUT2D eigenvalue weighted by molar-refractivity contribution is -0.132. The van der Waals surface area contributed by atoms with Gasteiger partial charge in [-0.05, 0) is 17.7 Å². The summed E-state index contributed by atoms with van der Waals surface area (Å²) in [6.45, 7) is 6.45. The number of benzene rings is 2. The van der Waals surface area contributed by atoms with Crippen LogP contribution in [-0.4, -0.2) is 73.1 Å². The lowest BCUT2D eigenvalue weighted by atomic mass is 10.1. The molecule has 166 valence electrons. The van der Waals surface area contributed by atoms with Crippen molar-refractivity contribution >= 4 is 17.4 Å². The van der Waals surface area contributed by atoms with E-state index in [0.29, 0.717) is 13.2 Å². The molecule has 7 heteroatoms. The number of carbonyl (C=O) groups is 1. The van der Waals surface area contributed by atoms with Crippen molar-refractivity contribution in [1.29, 1.82) is 0 Å². The molecule has 1 aromatic heterocycles. The molecule has 2 aromatic carbocycles. The summed E-state index contributed by atoms with van der Waals surface area (Å²) in [5.41, 5.74) is 3.40. The van der Waals surface area contributed by atoms with E-state index in [2.05, 4.69) is 46.2 Å². The highest BCUT2D eigenvalue weighted by Gasteiger charge is 2.24. The molecular weight excluding hydrogens is 402 g/mol. The molecule has 3 heterocycles. The second-order valence-corrected chi connectivity index (χ2v) is 8.23. The van der Waals surface area contributed by atoms with E-state index in [1.165, 1.54) is 5.69 Å². The van der Waals surface area contributed by atoms with Crippen LogP contribution in [0.2, 0.25) is 0 Å². The van der Waals surface area contributed by atoms with Crippen LogP contribution in [-0.2, 0) is 16.1 Å². The minimum atomic E-state index is 0.119. The Bertz CT molecular complexity index is 1020. The molecule has 2 fully saturated rings. The van der Waals surface area contributed by atoms with E-state index < -0.39 is 0 Å². The number of aromatic nitrogens is 2. The number of hydrogen-bond acceptors (Lipinski definition) is 5. The number of anilines is 2. The number of ether oxygens (including phenoxy) is 1. The molecule has 5 rings (SSSR count). The van der Waals surface area contributed by atoms with E-state index in [1.54, 1.807) is 4.68 Å². The van der Waals surface area contributed by atoms with Gasteiger partial charge in [-0.1, -0.05) is 48.5 Å². The second kappa shape index (κ2) is 9.44. The first-order valence-electron chi connectivity index (χ1n) is 11.3. The average Bonchev–Trinajstić information content (AvgIpc) is 3.29. The van der Waals surface area contributed by atoms with Crippen LogP contribution in [0.1, 0.15) is 0 Å². The van der Waals surface area contributed by atoms with Crippen LogP contribution >= 0.6 is 0 Å². The molecule has 2 aliphatic rings. The Morgan fingerprint density at radius 3 is 2.16 bits per heavy atom. The molecule has 2 aliphatic heterocycles. The number of amides is 1. The van der Waals surface area contributed by atoms with Crippen LogP contribution < -0.4 is 9.80 Å². The zero-order valence-corrected chi connectivity index (χ0v) is 18.3. The monoisotopic (exact) mass is 431 g/mol. The molecule has 2 saturated heterocycles. The number of rotatable bonds is 5. The highest BCUT2D eigenvalue weighted by atomic mass is 16.5. The average molecular weight is 432 g/mol.